The Labute approximate surface area is 191 Å². The minimum atomic E-state index is -4.65. The molecule has 0 aliphatic carbocycles. The van der Waals surface area contributed by atoms with E-state index in [2.05, 4.69) is 17.6 Å². The van der Waals surface area contributed by atoms with Gasteiger partial charge in [-0.05, 0) is 48.4 Å². The van der Waals surface area contributed by atoms with Crippen molar-refractivity contribution >= 4 is 29.0 Å². The molecule has 1 aliphatic rings. The van der Waals surface area contributed by atoms with Crippen molar-refractivity contribution in [3.63, 3.8) is 0 Å². The summed E-state index contributed by atoms with van der Waals surface area (Å²) in [5.74, 6) is 0.0135. The van der Waals surface area contributed by atoms with Gasteiger partial charge in [0.05, 0.1) is 23.8 Å². The molecule has 1 amide bonds. The minimum Gasteiger partial charge on any atom is -0.472 e. The molecule has 1 saturated heterocycles. The molecule has 170 valence electrons. The van der Waals surface area contributed by atoms with Crippen LogP contribution in [0.2, 0.25) is 0 Å². The van der Waals surface area contributed by atoms with E-state index in [1.807, 2.05) is 11.4 Å². The Morgan fingerprint density at radius 3 is 2.64 bits per heavy atom. The quantitative estimate of drug-likeness (QED) is 0.349. The van der Waals surface area contributed by atoms with E-state index in [4.69, 9.17) is 4.42 Å². The van der Waals surface area contributed by atoms with E-state index in [-0.39, 0.29) is 22.9 Å². The van der Waals surface area contributed by atoms with Crippen molar-refractivity contribution in [1.29, 1.82) is 0 Å². The number of pyridine rings is 1. The number of furan rings is 1. The summed E-state index contributed by atoms with van der Waals surface area (Å²) in [4.78, 5) is 20.5. The van der Waals surface area contributed by atoms with Gasteiger partial charge in [-0.25, -0.2) is 4.98 Å². The molecule has 9 heteroatoms. The fourth-order valence-corrected chi connectivity index (χ4v) is 5.25. The number of piperidine rings is 1. The van der Waals surface area contributed by atoms with Crippen molar-refractivity contribution in [1.82, 2.24) is 14.3 Å². The van der Waals surface area contributed by atoms with E-state index in [1.165, 1.54) is 34.1 Å². The lowest BCUT2D eigenvalue weighted by Gasteiger charge is -2.31. The number of imidazole rings is 1. The zero-order chi connectivity index (χ0) is 23.2. The Morgan fingerprint density at radius 2 is 2.03 bits per heavy atom. The molecule has 4 aromatic heterocycles. The molecular formula is C24H20F3N3O2S. The number of thiophene rings is 1. The van der Waals surface area contributed by atoms with Crippen LogP contribution in [0.1, 0.15) is 45.4 Å². The molecule has 0 saturated carbocycles. The summed E-state index contributed by atoms with van der Waals surface area (Å²) in [7, 11) is 0. The molecule has 0 radical (unpaired) electrons. The lowest BCUT2D eigenvalue weighted by Crippen LogP contribution is -2.38. The van der Waals surface area contributed by atoms with E-state index in [1.54, 1.807) is 22.3 Å². The molecule has 0 bridgehead atoms. The van der Waals surface area contributed by atoms with Crippen LogP contribution >= 0.6 is 11.3 Å². The summed E-state index contributed by atoms with van der Waals surface area (Å²) >= 11 is 1.70. The normalized spacial score (nSPS) is 15.3. The summed E-state index contributed by atoms with van der Waals surface area (Å²) in [5.41, 5.74) is -0.212. The Hall–Kier alpha value is -3.33. The first kappa shape index (κ1) is 21.5. The highest BCUT2D eigenvalue weighted by Crippen LogP contribution is 2.37. The second kappa shape index (κ2) is 8.22. The number of nitrogens with zero attached hydrogens (tertiary/aromatic N) is 3. The van der Waals surface area contributed by atoms with E-state index >= 15 is 0 Å². The smallest absolute Gasteiger partial charge is 0.420 e. The van der Waals surface area contributed by atoms with Gasteiger partial charge in [0.2, 0.25) is 0 Å². The van der Waals surface area contributed by atoms with Crippen LogP contribution in [0.15, 0.2) is 59.4 Å². The number of aromatic nitrogens is 2. The number of fused-ring (bicyclic) bond motifs is 1. The maximum Gasteiger partial charge on any atom is 0.420 e. The number of hydrogen-bond donors (Lipinski definition) is 0. The van der Waals surface area contributed by atoms with Gasteiger partial charge in [-0.1, -0.05) is 12.6 Å². The lowest BCUT2D eigenvalue weighted by molar-refractivity contribution is -0.136. The number of alkyl halides is 3. The molecule has 33 heavy (non-hydrogen) atoms. The first-order valence-electron chi connectivity index (χ1n) is 10.5. The fraction of sp³-hybridized carbons (Fsp3) is 0.250. The molecule has 0 N–H and O–H groups in total. The van der Waals surface area contributed by atoms with Crippen molar-refractivity contribution in [3.8, 4) is 11.1 Å². The molecule has 5 rings (SSSR count). The second-order valence-corrected chi connectivity index (χ2v) is 8.96. The lowest BCUT2D eigenvalue weighted by atomic mass is 9.95. The number of rotatable bonds is 4. The second-order valence-electron chi connectivity index (χ2n) is 7.98. The molecule has 1 fully saturated rings. The number of hydrogen-bond acceptors (Lipinski definition) is 4. The average molecular weight is 472 g/mol. The topological polar surface area (TPSA) is 50.8 Å². The van der Waals surface area contributed by atoms with Gasteiger partial charge in [0, 0.05) is 35.3 Å². The Bertz CT molecular complexity index is 1300. The number of amides is 1. The number of halogens is 3. The molecule has 0 unspecified atom stereocenters. The van der Waals surface area contributed by atoms with Crippen LogP contribution in [-0.2, 0) is 6.18 Å². The summed E-state index contributed by atoms with van der Waals surface area (Å²) in [6.45, 7) is 4.79. The zero-order valence-corrected chi connectivity index (χ0v) is 18.3. The summed E-state index contributed by atoms with van der Waals surface area (Å²) in [6, 6.07) is 6.72. The fourth-order valence-electron chi connectivity index (χ4n) is 4.35. The van der Waals surface area contributed by atoms with Crippen molar-refractivity contribution in [2.45, 2.75) is 24.9 Å². The van der Waals surface area contributed by atoms with Gasteiger partial charge in [0.15, 0.2) is 11.3 Å². The standard InChI is InChI=1S/C24H20F3N3O2S/c1-2-19-21(23(31)29-8-5-15(6-9-29)20-4-3-11-33-20)28-22-18(24(25,26)27)12-17(13-30(19)22)16-7-10-32-14-16/h2-4,7,10-15H,1,5-6,8-9H2. The molecule has 1 aliphatic heterocycles. The molecule has 0 atom stereocenters. The molecule has 0 aromatic carbocycles. The van der Waals surface area contributed by atoms with Gasteiger partial charge in [0.1, 0.15) is 0 Å². The molecular weight excluding hydrogens is 451 g/mol. The van der Waals surface area contributed by atoms with Crippen LogP contribution < -0.4 is 0 Å². The molecule has 5 nitrogen and oxygen atoms in total. The summed E-state index contributed by atoms with van der Waals surface area (Å²) in [5, 5.41) is 2.04. The van der Waals surface area contributed by atoms with Crippen LogP contribution in [0, 0.1) is 0 Å². The Morgan fingerprint density at radius 1 is 1.24 bits per heavy atom. The van der Waals surface area contributed by atoms with Crippen LogP contribution in [-0.4, -0.2) is 33.3 Å². The van der Waals surface area contributed by atoms with Crippen LogP contribution in [0.4, 0.5) is 13.2 Å². The van der Waals surface area contributed by atoms with Crippen LogP contribution in [0.25, 0.3) is 22.9 Å². The van der Waals surface area contributed by atoms with Crippen molar-refractivity contribution in [2.75, 3.05) is 13.1 Å². The van der Waals surface area contributed by atoms with E-state index in [0.29, 0.717) is 30.1 Å². The van der Waals surface area contributed by atoms with Gasteiger partial charge in [-0.3, -0.25) is 9.20 Å². The van der Waals surface area contributed by atoms with E-state index in [0.717, 1.165) is 18.9 Å². The third kappa shape index (κ3) is 3.86. The zero-order valence-electron chi connectivity index (χ0n) is 17.5. The third-order valence-corrected chi connectivity index (χ3v) is 7.08. The number of carbonyl (C=O) groups excluding carboxylic acids is 1. The van der Waals surface area contributed by atoms with Gasteiger partial charge >= 0.3 is 6.18 Å². The van der Waals surface area contributed by atoms with E-state index < -0.39 is 11.7 Å². The van der Waals surface area contributed by atoms with Crippen molar-refractivity contribution in [2.24, 2.45) is 0 Å². The maximum atomic E-state index is 13.9. The highest BCUT2D eigenvalue weighted by atomic mass is 32.1. The molecule has 4 aromatic rings. The molecule has 0 spiro atoms. The van der Waals surface area contributed by atoms with Gasteiger partial charge in [0.25, 0.3) is 5.91 Å². The Balaban J connectivity index is 1.53. The largest absolute Gasteiger partial charge is 0.472 e. The minimum absolute atomic E-state index is 0.0191. The predicted octanol–water partition coefficient (Wildman–Crippen LogP) is 6.34. The highest BCUT2D eigenvalue weighted by molar-refractivity contribution is 7.10. The summed E-state index contributed by atoms with van der Waals surface area (Å²) in [6.07, 6.45) is 2.64. The maximum absolute atomic E-state index is 13.9. The van der Waals surface area contributed by atoms with Gasteiger partial charge < -0.3 is 9.32 Å². The SMILES string of the molecule is C=Cc1c(C(=O)N2CCC(c3cccs3)CC2)nc2c(C(F)(F)F)cc(-c3ccoc3)cn12. The van der Waals surface area contributed by atoms with Gasteiger partial charge in [-0.15, -0.1) is 11.3 Å². The first-order valence-corrected chi connectivity index (χ1v) is 11.4. The van der Waals surface area contributed by atoms with Crippen LogP contribution in [0.5, 0.6) is 0 Å². The van der Waals surface area contributed by atoms with Crippen molar-refractivity contribution in [3.05, 3.63) is 76.8 Å². The Kier molecular flexibility index (Phi) is 5.36. The average Bonchev–Trinajstić information content (AvgIpc) is 3.58. The summed E-state index contributed by atoms with van der Waals surface area (Å²) < 4.78 is 48.1. The predicted molar refractivity (Wildman–Crippen MR) is 120 cm³/mol. The molecule has 5 heterocycles. The van der Waals surface area contributed by atoms with Gasteiger partial charge in [-0.2, -0.15) is 13.2 Å². The highest BCUT2D eigenvalue weighted by Gasteiger charge is 2.37. The monoisotopic (exact) mass is 471 g/mol. The van der Waals surface area contributed by atoms with E-state index in [9.17, 15) is 18.0 Å². The number of carbonyl (C=O) groups is 1. The van der Waals surface area contributed by atoms with Crippen molar-refractivity contribution < 1.29 is 22.4 Å². The first-order chi connectivity index (χ1) is 15.9. The third-order valence-electron chi connectivity index (χ3n) is 6.04. The number of likely N-dealkylation sites (tertiary alicyclic amines) is 1. The van der Waals surface area contributed by atoms with Crippen LogP contribution in [0.3, 0.4) is 0 Å².